The summed E-state index contributed by atoms with van der Waals surface area (Å²) in [7, 11) is 1.23. The van der Waals surface area contributed by atoms with Gasteiger partial charge in [0, 0.05) is 44.8 Å². The molecule has 0 aliphatic carbocycles. The van der Waals surface area contributed by atoms with Gasteiger partial charge in [-0.1, -0.05) is 0 Å². The molecule has 2 aromatic heterocycles. The monoisotopic (exact) mass is 568 g/mol. The van der Waals surface area contributed by atoms with Crippen molar-refractivity contribution in [3.8, 4) is 0 Å². The van der Waals surface area contributed by atoms with Crippen molar-refractivity contribution < 1.29 is 33.0 Å². The van der Waals surface area contributed by atoms with Crippen molar-refractivity contribution in [1.29, 1.82) is 0 Å². The third kappa shape index (κ3) is 6.28. The molecule has 0 saturated carbocycles. The summed E-state index contributed by atoms with van der Waals surface area (Å²) in [4.78, 5) is 61.9. The Hall–Kier alpha value is -4.95. The molecule has 5 rings (SSSR count). The van der Waals surface area contributed by atoms with Gasteiger partial charge in [0.25, 0.3) is 5.91 Å². The fourth-order valence-corrected chi connectivity index (χ4v) is 4.75. The number of halogens is 1. The van der Waals surface area contributed by atoms with Crippen LogP contribution in [-0.4, -0.2) is 102 Å². The number of methoxy groups -OCH3 is 1. The molecule has 2 aliphatic rings. The highest BCUT2D eigenvalue weighted by molar-refractivity contribution is 5.95. The van der Waals surface area contributed by atoms with Crippen LogP contribution in [0.25, 0.3) is 5.65 Å². The number of ether oxygens (including phenoxy) is 2. The number of nitrogens with zero attached hydrogens (tertiary/aromatic N) is 6. The molecular formula is C26H29FN8O6. The van der Waals surface area contributed by atoms with E-state index in [1.807, 2.05) is 4.90 Å². The normalized spacial score (nSPS) is 17.3. The Bertz CT molecular complexity index is 1430. The molecular weight excluding hydrogens is 539 g/mol. The molecule has 0 bridgehead atoms. The summed E-state index contributed by atoms with van der Waals surface area (Å²) in [5.41, 5.74) is 1.40. The van der Waals surface area contributed by atoms with Gasteiger partial charge in [-0.25, -0.2) is 19.0 Å². The number of benzene rings is 1. The van der Waals surface area contributed by atoms with Crippen LogP contribution in [0.15, 0.2) is 43.0 Å². The molecule has 1 atom stereocenters. The van der Waals surface area contributed by atoms with E-state index in [2.05, 4.69) is 25.3 Å². The Labute approximate surface area is 234 Å². The first-order valence-electron chi connectivity index (χ1n) is 13.0. The Kier molecular flexibility index (Phi) is 8.12. The lowest BCUT2D eigenvalue weighted by atomic mass is 10.2. The number of anilines is 2. The van der Waals surface area contributed by atoms with Gasteiger partial charge >= 0.3 is 12.2 Å². The van der Waals surface area contributed by atoms with Crippen LogP contribution in [0.3, 0.4) is 0 Å². The van der Waals surface area contributed by atoms with Gasteiger partial charge in [-0.15, -0.1) is 0 Å². The number of amides is 4. The summed E-state index contributed by atoms with van der Waals surface area (Å²) in [6, 6.07) is 4.50. The Morgan fingerprint density at radius 1 is 1.17 bits per heavy atom. The van der Waals surface area contributed by atoms with Gasteiger partial charge in [0.15, 0.2) is 5.65 Å². The third-order valence-corrected chi connectivity index (χ3v) is 6.86. The van der Waals surface area contributed by atoms with Gasteiger partial charge < -0.3 is 34.3 Å². The molecule has 2 aliphatic heterocycles. The van der Waals surface area contributed by atoms with Crippen molar-refractivity contribution >= 4 is 41.0 Å². The van der Waals surface area contributed by atoms with Crippen molar-refractivity contribution in [3.05, 3.63) is 54.5 Å². The van der Waals surface area contributed by atoms with E-state index >= 15 is 4.39 Å². The van der Waals surface area contributed by atoms with Crippen LogP contribution >= 0.6 is 0 Å². The number of carbonyl (C=O) groups is 4. The Balaban J connectivity index is 1.14. The first kappa shape index (κ1) is 27.6. The summed E-state index contributed by atoms with van der Waals surface area (Å²) in [6.45, 7) is 1.76. The third-order valence-electron chi connectivity index (χ3n) is 6.86. The average Bonchev–Trinajstić information content (AvgIpc) is 3.49. The number of rotatable bonds is 7. The van der Waals surface area contributed by atoms with Crippen LogP contribution in [0.2, 0.25) is 0 Å². The van der Waals surface area contributed by atoms with Crippen LogP contribution in [0.4, 0.5) is 25.4 Å². The van der Waals surface area contributed by atoms with E-state index in [1.165, 1.54) is 24.3 Å². The van der Waals surface area contributed by atoms with Crippen LogP contribution in [0.5, 0.6) is 0 Å². The molecule has 1 unspecified atom stereocenters. The van der Waals surface area contributed by atoms with E-state index in [0.717, 1.165) is 0 Å². The van der Waals surface area contributed by atoms with Crippen LogP contribution in [-0.2, 0) is 14.3 Å². The van der Waals surface area contributed by atoms with Gasteiger partial charge in [0.1, 0.15) is 17.6 Å². The van der Waals surface area contributed by atoms with Crippen molar-refractivity contribution in [2.75, 3.05) is 62.7 Å². The fraction of sp³-hybridized carbons (Fsp3) is 0.385. The number of cyclic esters (lactones) is 1. The van der Waals surface area contributed by atoms with Crippen LogP contribution in [0, 0.1) is 5.82 Å². The number of fused-ring (bicyclic) bond motifs is 1. The second kappa shape index (κ2) is 12.1. The molecule has 41 heavy (non-hydrogen) atoms. The van der Waals surface area contributed by atoms with Crippen molar-refractivity contribution in [2.45, 2.75) is 12.5 Å². The number of carbonyl (C=O) groups excluding carboxylic acids is 4. The molecule has 3 aromatic rings. The topological polar surface area (TPSA) is 151 Å². The highest BCUT2D eigenvalue weighted by Gasteiger charge is 2.33. The standard InChI is InChI=1S/C26H29FN8O6/c1-40-25(38)30-12-18-15-35(26(39)41-18)17-3-4-21(19(27)11-17)32-6-2-7-33(10-9-32)23(36)14-29-24(37)20-16-34-8-5-28-13-22(34)31-20/h3-5,8,11,13,16,18H,2,6-7,9-10,12,14-15H2,1H3,(H,29,37)(H,30,38). The number of hydrogen-bond acceptors (Lipinski definition) is 9. The molecule has 2 fully saturated rings. The first-order valence-corrected chi connectivity index (χ1v) is 13.0. The van der Waals surface area contributed by atoms with Gasteiger partial charge in [-0.05, 0) is 24.6 Å². The summed E-state index contributed by atoms with van der Waals surface area (Å²) >= 11 is 0. The molecule has 4 heterocycles. The second-order valence-corrected chi connectivity index (χ2v) is 9.50. The van der Waals surface area contributed by atoms with Gasteiger partial charge in [-0.3, -0.25) is 19.5 Å². The van der Waals surface area contributed by atoms with E-state index in [0.29, 0.717) is 49.6 Å². The van der Waals surface area contributed by atoms with Crippen molar-refractivity contribution in [2.24, 2.45) is 0 Å². The molecule has 14 nitrogen and oxygen atoms in total. The van der Waals surface area contributed by atoms with E-state index in [1.54, 1.807) is 40.0 Å². The van der Waals surface area contributed by atoms with Crippen molar-refractivity contribution in [3.63, 3.8) is 0 Å². The minimum atomic E-state index is -0.640. The lowest BCUT2D eigenvalue weighted by molar-refractivity contribution is -0.129. The molecule has 4 amide bonds. The minimum Gasteiger partial charge on any atom is -0.453 e. The van der Waals surface area contributed by atoms with E-state index in [4.69, 9.17) is 4.74 Å². The second-order valence-electron chi connectivity index (χ2n) is 9.50. The number of hydrogen-bond donors (Lipinski definition) is 2. The van der Waals surface area contributed by atoms with E-state index in [9.17, 15) is 19.2 Å². The number of aromatic nitrogens is 3. The molecule has 15 heteroatoms. The van der Waals surface area contributed by atoms with Crippen molar-refractivity contribution in [1.82, 2.24) is 29.9 Å². The first-order chi connectivity index (χ1) is 19.8. The summed E-state index contributed by atoms with van der Waals surface area (Å²) < 4.78 is 26.6. The zero-order valence-electron chi connectivity index (χ0n) is 22.3. The summed E-state index contributed by atoms with van der Waals surface area (Å²) in [5, 5.41) is 5.09. The molecule has 1 aromatic carbocycles. The van der Waals surface area contributed by atoms with Crippen LogP contribution in [0.1, 0.15) is 16.9 Å². The molecule has 0 spiro atoms. The van der Waals surface area contributed by atoms with Gasteiger partial charge in [-0.2, -0.15) is 0 Å². The Morgan fingerprint density at radius 3 is 2.80 bits per heavy atom. The molecule has 0 radical (unpaired) electrons. The highest BCUT2D eigenvalue weighted by Crippen LogP contribution is 2.28. The van der Waals surface area contributed by atoms with E-state index in [-0.39, 0.29) is 31.2 Å². The molecule has 2 saturated heterocycles. The zero-order chi connectivity index (χ0) is 28.9. The summed E-state index contributed by atoms with van der Waals surface area (Å²) in [5.74, 6) is -1.22. The lowest BCUT2D eigenvalue weighted by Crippen LogP contribution is -2.42. The molecule has 2 N–H and O–H groups in total. The fourth-order valence-electron chi connectivity index (χ4n) is 4.75. The van der Waals surface area contributed by atoms with E-state index < -0.39 is 30.0 Å². The maximum atomic E-state index is 15.2. The SMILES string of the molecule is COC(=O)NCC1CN(c2ccc(N3CCCN(C(=O)CNC(=O)c4cn5ccncc5n4)CC3)c(F)c2)C(=O)O1. The van der Waals surface area contributed by atoms with Gasteiger partial charge in [0.2, 0.25) is 5.91 Å². The predicted molar refractivity (Wildman–Crippen MR) is 143 cm³/mol. The minimum absolute atomic E-state index is 0.0698. The number of alkyl carbamates (subject to hydrolysis) is 1. The zero-order valence-corrected chi connectivity index (χ0v) is 22.3. The number of nitrogens with one attached hydrogen (secondary N) is 2. The average molecular weight is 569 g/mol. The smallest absolute Gasteiger partial charge is 0.414 e. The highest BCUT2D eigenvalue weighted by atomic mass is 19.1. The maximum Gasteiger partial charge on any atom is 0.414 e. The number of imidazole rings is 1. The Morgan fingerprint density at radius 2 is 2.02 bits per heavy atom. The predicted octanol–water partition coefficient (Wildman–Crippen LogP) is 1.02. The maximum absolute atomic E-state index is 15.2. The molecule has 216 valence electrons. The largest absolute Gasteiger partial charge is 0.453 e. The quantitative estimate of drug-likeness (QED) is 0.426. The lowest BCUT2D eigenvalue weighted by Gasteiger charge is -2.25. The van der Waals surface area contributed by atoms with Crippen LogP contribution < -0.4 is 20.4 Å². The van der Waals surface area contributed by atoms with Gasteiger partial charge in [0.05, 0.1) is 44.3 Å². The summed E-state index contributed by atoms with van der Waals surface area (Å²) in [6.07, 6.45) is 5.08.